The molecule has 37 heavy (non-hydrogen) atoms. The van der Waals surface area contributed by atoms with Gasteiger partial charge in [0.2, 0.25) is 11.6 Å². The monoisotopic (exact) mass is 566 g/mol. The van der Waals surface area contributed by atoms with Crippen LogP contribution in [0, 0.1) is 0 Å². The summed E-state index contributed by atoms with van der Waals surface area (Å²) in [4.78, 5) is 51.2. The Hall–Kier alpha value is -3.77. The molecule has 0 aliphatic carbocycles. The SMILES string of the molecule is C[n+]1c(SCC2=C(C(=O)[O-])N3C(=O)C(NC(=O)/C=N\OCc4csc(N)n4)C3SC2)nc(N)c(N)c1N. The molecule has 0 bridgehead atoms. The van der Waals surface area contributed by atoms with Gasteiger partial charge in [-0.2, -0.15) is 0 Å². The summed E-state index contributed by atoms with van der Waals surface area (Å²) in [5, 5.41) is 19.9. The van der Waals surface area contributed by atoms with Gasteiger partial charge in [0.05, 0.1) is 24.4 Å². The largest absolute Gasteiger partial charge is 0.543 e. The maximum Gasteiger partial charge on any atom is 0.301 e. The van der Waals surface area contributed by atoms with Crippen molar-refractivity contribution in [3.8, 4) is 0 Å². The normalized spacial score (nSPS) is 19.1. The summed E-state index contributed by atoms with van der Waals surface area (Å²) in [5.41, 5.74) is 24.0. The van der Waals surface area contributed by atoms with Crippen LogP contribution in [0.2, 0.25) is 0 Å². The van der Waals surface area contributed by atoms with Crippen molar-refractivity contribution in [1.82, 2.24) is 20.2 Å². The van der Waals surface area contributed by atoms with Crippen molar-refractivity contribution < 1.29 is 28.9 Å². The molecule has 2 atom stereocenters. The number of β-lactam (4-membered cyclic amide) rings is 1. The quantitative estimate of drug-likeness (QED) is 0.0522. The third-order valence-electron chi connectivity index (χ3n) is 5.36. The van der Waals surface area contributed by atoms with Crippen LogP contribution in [-0.2, 0) is 32.9 Å². The molecule has 1 fully saturated rings. The lowest BCUT2D eigenvalue weighted by Gasteiger charge is -2.50. The lowest BCUT2D eigenvalue weighted by atomic mass is 10.0. The molecular formula is C19H22N10O5S3. The number of hydrogen-bond donors (Lipinski definition) is 5. The van der Waals surface area contributed by atoms with E-state index in [1.165, 1.54) is 39.4 Å². The lowest BCUT2D eigenvalue weighted by Crippen LogP contribution is -2.71. The number of carbonyl (C=O) groups is 3. The summed E-state index contributed by atoms with van der Waals surface area (Å²) in [6.07, 6.45) is 0.883. The van der Waals surface area contributed by atoms with Crippen molar-refractivity contribution in [2.24, 2.45) is 12.2 Å². The Bertz CT molecular complexity index is 1330. The summed E-state index contributed by atoms with van der Waals surface area (Å²) >= 11 is 3.74. The van der Waals surface area contributed by atoms with Gasteiger partial charge in [-0.15, -0.1) is 23.1 Å². The predicted molar refractivity (Wildman–Crippen MR) is 136 cm³/mol. The van der Waals surface area contributed by atoms with Crippen LogP contribution >= 0.6 is 34.9 Å². The number of nitrogen functional groups attached to an aromatic ring is 4. The molecule has 4 heterocycles. The van der Waals surface area contributed by atoms with Gasteiger partial charge in [-0.1, -0.05) is 10.1 Å². The number of oxime groups is 1. The number of carbonyl (C=O) groups excluding carboxylic acids is 3. The smallest absolute Gasteiger partial charge is 0.301 e. The van der Waals surface area contributed by atoms with Crippen LogP contribution in [0.25, 0.3) is 0 Å². The second-order valence-electron chi connectivity index (χ2n) is 7.75. The van der Waals surface area contributed by atoms with E-state index in [0.717, 1.165) is 11.1 Å². The van der Waals surface area contributed by atoms with Crippen molar-refractivity contribution in [1.29, 1.82) is 0 Å². The Morgan fingerprint density at radius 3 is 2.81 bits per heavy atom. The van der Waals surface area contributed by atoms with Gasteiger partial charge in [0.25, 0.3) is 11.8 Å². The van der Waals surface area contributed by atoms with E-state index < -0.39 is 29.2 Å². The Morgan fingerprint density at radius 1 is 1.38 bits per heavy atom. The van der Waals surface area contributed by atoms with Crippen molar-refractivity contribution in [3.63, 3.8) is 0 Å². The third-order valence-corrected chi connectivity index (χ3v) is 8.54. The zero-order chi connectivity index (χ0) is 26.9. The number of nitrogens with zero attached hydrogens (tertiary/aromatic N) is 5. The number of anilines is 4. The number of rotatable bonds is 9. The highest BCUT2D eigenvalue weighted by Gasteiger charge is 2.52. The minimum atomic E-state index is -1.50. The molecule has 2 unspecified atom stereocenters. The highest BCUT2D eigenvalue weighted by atomic mass is 32.2. The molecule has 15 nitrogen and oxygen atoms in total. The molecule has 1 saturated heterocycles. The van der Waals surface area contributed by atoms with E-state index in [2.05, 4.69) is 20.4 Å². The van der Waals surface area contributed by atoms with Crippen LogP contribution < -0.4 is 37.9 Å². The summed E-state index contributed by atoms with van der Waals surface area (Å²) in [7, 11) is 1.65. The van der Waals surface area contributed by atoms with Crippen molar-refractivity contribution in [2.75, 3.05) is 34.4 Å². The number of aliphatic carboxylic acids is 1. The minimum absolute atomic E-state index is 0.0236. The molecule has 196 valence electrons. The van der Waals surface area contributed by atoms with E-state index in [4.69, 9.17) is 27.8 Å². The van der Waals surface area contributed by atoms with E-state index in [1.807, 2.05) is 0 Å². The Labute approximate surface area is 222 Å². The van der Waals surface area contributed by atoms with Crippen molar-refractivity contribution in [3.05, 3.63) is 22.3 Å². The molecule has 2 aromatic rings. The zero-order valence-electron chi connectivity index (χ0n) is 19.2. The molecule has 2 aromatic heterocycles. The van der Waals surface area contributed by atoms with Crippen LogP contribution in [0.5, 0.6) is 0 Å². The minimum Gasteiger partial charge on any atom is -0.543 e. The number of carboxylic acid groups (broad SMARTS) is 1. The topological polar surface area (TPSA) is 245 Å². The average Bonchev–Trinajstić information content (AvgIpc) is 3.29. The number of thiazole rings is 1. The highest BCUT2D eigenvalue weighted by molar-refractivity contribution is 8.01. The summed E-state index contributed by atoms with van der Waals surface area (Å²) < 4.78 is 1.53. The first kappa shape index (κ1) is 26.3. The van der Waals surface area contributed by atoms with Gasteiger partial charge in [0, 0.05) is 16.9 Å². The van der Waals surface area contributed by atoms with Crippen molar-refractivity contribution in [2.45, 2.75) is 23.2 Å². The molecule has 2 aliphatic heterocycles. The number of nitrogens with one attached hydrogen (secondary N) is 1. The molecule has 18 heteroatoms. The van der Waals surface area contributed by atoms with Gasteiger partial charge in [-0.3, -0.25) is 14.5 Å². The predicted octanol–water partition coefficient (Wildman–Crippen LogP) is -2.61. The summed E-state index contributed by atoms with van der Waals surface area (Å²) in [6.45, 7) is 0.0236. The number of carboxylic acids is 1. The maximum atomic E-state index is 12.8. The van der Waals surface area contributed by atoms with Gasteiger partial charge < -0.3 is 43.0 Å². The number of amides is 2. The molecule has 0 saturated carbocycles. The first-order chi connectivity index (χ1) is 17.6. The van der Waals surface area contributed by atoms with Crippen LogP contribution in [0.4, 0.5) is 22.5 Å². The van der Waals surface area contributed by atoms with Gasteiger partial charge in [-0.25, -0.2) is 9.55 Å². The first-order valence-corrected chi connectivity index (χ1v) is 13.4. The molecule has 0 spiro atoms. The van der Waals surface area contributed by atoms with E-state index in [-0.39, 0.29) is 41.1 Å². The molecule has 4 rings (SSSR count). The zero-order valence-corrected chi connectivity index (χ0v) is 21.7. The average molecular weight is 567 g/mol. The first-order valence-electron chi connectivity index (χ1n) is 10.5. The fraction of sp³-hybridized carbons (Fsp3) is 0.316. The van der Waals surface area contributed by atoms with Crippen LogP contribution in [-0.4, -0.2) is 61.8 Å². The molecule has 0 aromatic carbocycles. The molecule has 9 N–H and O–H groups in total. The Balaban J connectivity index is 1.38. The Kier molecular flexibility index (Phi) is 7.60. The fourth-order valence-corrected chi connectivity index (χ4v) is 6.50. The molecule has 0 radical (unpaired) electrons. The third kappa shape index (κ3) is 5.35. The second-order valence-corrected chi connectivity index (χ2v) is 10.7. The van der Waals surface area contributed by atoms with Crippen LogP contribution in [0.15, 0.2) is 27.0 Å². The number of aromatic nitrogens is 3. The van der Waals surface area contributed by atoms with Gasteiger partial charge in [-0.05, 0) is 17.3 Å². The van der Waals surface area contributed by atoms with E-state index in [9.17, 15) is 19.5 Å². The van der Waals surface area contributed by atoms with E-state index >= 15 is 0 Å². The van der Waals surface area contributed by atoms with Crippen LogP contribution in [0.3, 0.4) is 0 Å². The van der Waals surface area contributed by atoms with Gasteiger partial charge in [0.1, 0.15) is 17.6 Å². The number of hydrogen-bond acceptors (Lipinski definition) is 15. The van der Waals surface area contributed by atoms with Crippen LogP contribution in [0.1, 0.15) is 5.69 Å². The lowest BCUT2D eigenvalue weighted by molar-refractivity contribution is -0.698. The Morgan fingerprint density at radius 2 is 2.14 bits per heavy atom. The number of nitrogens with two attached hydrogens (primary N) is 4. The van der Waals surface area contributed by atoms with Crippen molar-refractivity contribution >= 4 is 81.3 Å². The summed E-state index contributed by atoms with van der Waals surface area (Å²) in [6, 6.07) is -0.929. The fourth-order valence-electron chi connectivity index (χ4n) is 3.48. The molecular weight excluding hydrogens is 544 g/mol. The molecule has 2 amide bonds. The van der Waals surface area contributed by atoms with Gasteiger partial charge in [0.15, 0.2) is 17.4 Å². The molecule has 2 aliphatic rings. The standard InChI is InChI=1S/C19H22N10O5S3/c1-28-14(22)10(20)13(21)27-19(28)37-5-7-4-35-16-11(15(31)29(16)12(7)17(32)33)26-9(30)2-24-34-3-8-6-36-18(23)25-8/h2,6,11,16H,3-5H2,1H3,(H9,20,21,22,23,24,25,26,30,32,33). The van der Waals surface area contributed by atoms with Gasteiger partial charge >= 0.3 is 5.16 Å². The number of thioether (sulfide) groups is 2. The highest BCUT2D eigenvalue weighted by Crippen LogP contribution is 2.41. The number of fused-ring (bicyclic) bond motifs is 1. The maximum absolute atomic E-state index is 12.8. The van der Waals surface area contributed by atoms with E-state index in [1.54, 1.807) is 12.4 Å². The second kappa shape index (κ2) is 10.7. The van der Waals surface area contributed by atoms with E-state index in [0.29, 0.717) is 21.6 Å². The summed E-state index contributed by atoms with van der Waals surface area (Å²) in [5.74, 6) is -2.00.